The number of aromatic nitrogens is 2. The Hall–Kier alpha value is -1.16. The lowest BCUT2D eigenvalue weighted by Gasteiger charge is -2.10. The molecule has 0 amide bonds. The van der Waals surface area contributed by atoms with Gasteiger partial charge >= 0.3 is 0 Å². The molecule has 1 aliphatic rings. The number of nitrogens with zero attached hydrogens (tertiary/aromatic N) is 2. The number of nitrogens with two attached hydrogens (primary N) is 1. The van der Waals surface area contributed by atoms with Crippen LogP contribution in [-0.4, -0.2) is 16.6 Å². The van der Waals surface area contributed by atoms with Crippen LogP contribution in [0.1, 0.15) is 49.7 Å². The summed E-state index contributed by atoms with van der Waals surface area (Å²) in [5, 5.41) is 0. The number of fused-ring (bicyclic) bond motifs is 1. The van der Waals surface area contributed by atoms with E-state index in [0.29, 0.717) is 12.4 Å². The van der Waals surface area contributed by atoms with E-state index >= 15 is 0 Å². The topological polar surface area (TPSA) is 61.0 Å². The molecule has 1 aromatic rings. The van der Waals surface area contributed by atoms with Crippen LogP contribution in [0.15, 0.2) is 0 Å². The predicted octanol–water partition coefficient (Wildman–Crippen LogP) is 2.25. The maximum absolute atomic E-state index is 6.01. The summed E-state index contributed by atoms with van der Waals surface area (Å²) in [6.07, 6.45) is 6.74. The lowest BCUT2D eigenvalue weighted by Crippen LogP contribution is -2.10. The Balaban J connectivity index is 2.14. The zero-order chi connectivity index (χ0) is 12.1. The smallest absolute Gasteiger partial charge is 0.156 e. The predicted molar refractivity (Wildman–Crippen MR) is 67.7 cm³/mol. The first-order valence-corrected chi connectivity index (χ1v) is 6.53. The Kier molecular flexibility index (Phi) is 4.31. The normalized spacial score (nSPS) is 15.4. The summed E-state index contributed by atoms with van der Waals surface area (Å²) in [4.78, 5) is 8.93. The molecule has 1 aromatic heterocycles. The van der Waals surface area contributed by atoms with Gasteiger partial charge in [0, 0.05) is 17.9 Å². The van der Waals surface area contributed by atoms with Gasteiger partial charge in [-0.05, 0) is 32.1 Å². The maximum atomic E-state index is 6.01. The summed E-state index contributed by atoms with van der Waals surface area (Å²) in [6, 6.07) is 0. The van der Waals surface area contributed by atoms with Crippen molar-refractivity contribution in [3.8, 4) is 0 Å². The molecule has 0 bridgehead atoms. The first kappa shape index (κ1) is 12.3. The molecule has 0 saturated heterocycles. The number of nitrogen functional groups attached to an aromatic ring is 1. The van der Waals surface area contributed by atoms with Crippen LogP contribution in [0.5, 0.6) is 0 Å². The van der Waals surface area contributed by atoms with E-state index in [2.05, 4.69) is 16.9 Å². The Morgan fingerprint density at radius 2 is 2.00 bits per heavy atom. The van der Waals surface area contributed by atoms with Crippen LogP contribution in [0.2, 0.25) is 0 Å². The number of ether oxygens (including phenoxy) is 1. The molecule has 17 heavy (non-hydrogen) atoms. The highest BCUT2D eigenvalue weighted by molar-refractivity contribution is 5.43. The molecular formula is C13H21N3O. The SMILES string of the molecule is CCCOCc1nc(N)c2c(n1)CCCCC2. The third-order valence-corrected chi connectivity index (χ3v) is 3.09. The molecule has 1 heterocycles. The van der Waals surface area contributed by atoms with Crippen molar-refractivity contribution in [2.24, 2.45) is 0 Å². The number of aryl methyl sites for hydroxylation is 1. The molecular weight excluding hydrogens is 214 g/mol. The quantitative estimate of drug-likeness (QED) is 0.642. The van der Waals surface area contributed by atoms with E-state index in [0.717, 1.165) is 37.4 Å². The Bertz CT molecular complexity index is 379. The van der Waals surface area contributed by atoms with Gasteiger partial charge in [-0.1, -0.05) is 13.3 Å². The van der Waals surface area contributed by atoms with Crippen LogP contribution < -0.4 is 5.73 Å². The van der Waals surface area contributed by atoms with Gasteiger partial charge in [0.05, 0.1) is 0 Å². The van der Waals surface area contributed by atoms with Crippen molar-refractivity contribution in [3.05, 3.63) is 17.1 Å². The van der Waals surface area contributed by atoms with Crippen molar-refractivity contribution in [2.45, 2.75) is 52.1 Å². The minimum Gasteiger partial charge on any atom is -0.383 e. The van der Waals surface area contributed by atoms with Crippen molar-refractivity contribution < 1.29 is 4.74 Å². The third kappa shape index (κ3) is 3.16. The molecule has 4 heteroatoms. The van der Waals surface area contributed by atoms with Gasteiger partial charge in [-0.3, -0.25) is 0 Å². The van der Waals surface area contributed by atoms with Crippen LogP contribution in [0.3, 0.4) is 0 Å². The lowest BCUT2D eigenvalue weighted by molar-refractivity contribution is 0.116. The second kappa shape index (κ2) is 5.96. The van der Waals surface area contributed by atoms with Crippen molar-refractivity contribution in [1.29, 1.82) is 0 Å². The number of hydrogen-bond acceptors (Lipinski definition) is 4. The summed E-state index contributed by atoms with van der Waals surface area (Å²) in [5.74, 6) is 1.39. The average molecular weight is 235 g/mol. The van der Waals surface area contributed by atoms with Crippen LogP contribution >= 0.6 is 0 Å². The van der Waals surface area contributed by atoms with Crippen molar-refractivity contribution >= 4 is 5.82 Å². The highest BCUT2D eigenvalue weighted by Gasteiger charge is 2.14. The van der Waals surface area contributed by atoms with Crippen LogP contribution in [0, 0.1) is 0 Å². The standard InChI is InChI=1S/C13H21N3O/c1-2-8-17-9-12-15-11-7-5-3-4-6-10(11)13(14)16-12/h2-9H2,1H3,(H2,14,15,16). The Morgan fingerprint density at radius 3 is 2.82 bits per heavy atom. The monoisotopic (exact) mass is 235 g/mol. The fourth-order valence-electron chi connectivity index (χ4n) is 2.23. The minimum atomic E-state index is 0.478. The van der Waals surface area contributed by atoms with Crippen molar-refractivity contribution in [1.82, 2.24) is 9.97 Å². The average Bonchev–Trinajstić information content (AvgIpc) is 2.55. The molecule has 2 N–H and O–H groups in total. The molecule has 0 atom stereocenters. The van der Waals surface area contributed by atoms with Crippen molar-refractivity contribution in [3.63, 3.8) is 0 Å². The highest BCUT2D eigenvalue weighted by atomic mass is 16.5. The fraction of sp³-hybridized carbons (Fsp3) is 0.692. The first-order chi connectivity index (χ1) is 8.31. The van der Waals surface area contributed by atoms with Gasteiger partial charge in [-0.2, -0.15) is 0 Å². The van der Waals surface area contributed by atoms with Gasteiger partial charge < -0.3 is 10.5 Å². The van der Waals surface area contributed by atoms with E-state index in [9.17, 15) is 0 Å². The second-order valence-corrected chi connectivity index (χ2v) is 4.56. The molecule has 0 radical (unpaired) electrons. The van der Waals surface area contributed by atoms with Crippen LogP contribution in [0.25, 0.3) is 0 Å². The largest absolute Gasteiger partial charge is 0.383 e. The number of hydrogen-bond donors (Lipinski definition) is 1. The molecule has 0 saturated carbocycles. The third-order valence-electron chi connectivity index (χ3n) is 3.09. The Labute approximate surface area is 103 Å². The zero-order valence-corrected chi connectivity index (χ0v) is 10.5. The van der Waals surface area contributed by atoms with Gasteiger partial charge in [-0.15, -0.1) is 0 Å². The van der Waals surface area contributed by atoms with E-state index in [1.165, 1.54) is 24.8 Å². The Morgan fingerprint density at radius 1 is 1.18 bits per heavy atom. The molecule has 0 unspecified atom stereocenters. The molecule has 0 spiro atoms. The molecule has 0 aliphatic heterocycles. The van der Waals surface area contributed by atoms with E-state index in [1.807, 2.05) is 0 Å². The van der Waals surface area contributed by atoms with Gasteiger partial charge in [0.2, 0.25) is 0 Å². The van der Waals surface area contributed by atoms with Gasteiger partial charge in [-0.25, -0.2) is 9.97 Å². The molecule has 0 aromatic carbocycles. The van der Waals surface area contributed by atoms with Gasteiger partial charge in [0.1, 0.15) is 12.4 Å². The van der Waals surface area contributed by atoms with E-state index in [1.54, 1.807) is 0 Å². The van der Waals surface area contributed by atoms with Gasteiger partial charge in [0.25, 0.3) is 0 Å². The first-order valence-electron chi connectivity index (χ1n) is 6.53. The van der Waals surface area contributed by atoms with Gasteiger partial charge in [0.15, 0.2) is 5.82 Å². The summed E-state index contributed by atoms with van der Waals surface area (Å²) in [7, 11) is 0. The van der Waals surface area contributed by atoms with E-state index in [-0.39, 0.29) is 0 Å². The molecule has 0 fully saturated rings. The number of anilines is 1. The van der Waals surface area contributed by atoms with E-state index in [4.69, 9.17) is 10.5 Å². The minimum absolute atomic E-state index is 0.478. The van der Waals surface area contributed by atoms with Crippen LogP contribution in [-0.2, 0) is 24.2 Å². The fourth-order valence-corrected chi connectivity index (χ4v) is 2.23. The van der Waals surface area contributed by atoms with E-state index < -0.39 is 0 Å². The molecule has 94 valence electrons. The summed E-state index contributed by atoms with van der Waals surface area (Å²) >= 11 is 0. The molecule has 1 aliphatic carbocycles. The lowest BCUT2D eigenvalue weighted by atomic mass is 10.1. The number of rotatable bonds is 4. The summed E-state index contributed by atoms with van der Waals surface area (Å²) < 4.78 is 5.47. The van der Waals surface area contributed by atoms with Crippen molar-refractivity contribution in [2.75, 3.05) is 12.3 Å². The maximum Gasteiger partial charge on any atom is 0.156 e. The summed E-state index contributed by atoms with van der Waals surface area (Å²) in [6.45, 7) is 3.32. The second-order valence-electron chi connectivity index (χ2n) is 4.56. The van der Waals surface area contributed by atoms with Crippen LogP contribution in [0.4, 0.5) is 5.82 Å². The zero-order valence-electron chi connectivity index (χ0n) is 10.5. The molecule has 2 rings (SSSR count). The highest BCUT2D eigenvalue weighted by Crippen LogP contribution is 2.23. The molecule has 4 nitrogen and oxygen atoms in total. The summed E-state index contributed by atoms with van der Waals surface area (Å²) in [5.41, 5.74) is 8.32.